The molecule has 18 heavy (non-hydrogen) atoms. The summed E-state index contributed by atoms with van der Waals surface area (Å²) in [7, 11) is 0. The zero-order chi connectivity index (χ0) is 13.0. The average Bonchev–Trinajstić information content (AvgIpc) is 2.87. The molecule has 0 aliphatic carbocycles. The van der Waals surface area contributed by atoms with Crippen LogP contribution in [0.1, 0.15) is 34.8 Å². The quantitative estimate of drug-likeness (QED) is 0.769. The van der Waals surface area contributed by atoms with Crippen LogP contribution in [0.5, 0.6) is 0 Å². The van der Waals surface area contributed by atoms with Gasteiger partial charge in [-0.2, -0.15) is 5.26 Å². The number of nitriles is 1. The first-order valence-electron chi connectivity index (χ1n) is 5.91. The van der Waals surface area contributed by atoms with Gasteiger partial charge in [0.15, 0.2) is 5.78 Å². The molecule has 0 bridgehead atoms. The van der Waals surface area contributed by atoms with E-state index in [0.29, 0.717) is 18.5 Å². The number of nitrogens with zero attached hydrogens (tertiary/aromatic N) is 2. The molecule has 1 aromatic heterocycles. The van der Waals surface area contributed by atoms with Crippen molar-refractivity contribution in [2.24, 2.45) is 0 Å². The van der Waals surface area contributed by atoms with Crippen LogP contribution in [0.25, 0.3) is 0 Å². The fourth-order valence-corrected chi connectivity index (χ4v) is 1.80. The third kappa shape index (κ3) is 2.67. The Bertz CT molecular complexity index is 588. The van der Waals surface area contributed by atoms with Gasteiger partial charge in [0.25, 0.3) is 0 Å². The summed E-state index contributed by atoms with van der Waals surface area (Å²) in [5.74, 6) is 0.161. The normalized spacial score (nSPS) is 10.0. The number of benzene rings is 1. The van der Waals surface area contributed by atoms with Crippen LogP contribution in [0.2, 0.25) is 0 Å². The van der Waals surface area contributed by atoms with Crippen molar-refractivity contribution < 1.29 is 4.79 Å². The number of ketones is 1. The van der Waals surface area contributed by atoms with Crippen LogP contribution < -0.4 is 0 Å². The first kappa shape index (κ1) is 12.1. The second-order valence-electron chi connectivity index (χ2n) is 4.16. The van der Waals surface area contributed by atoms with E-state index in [2.05, 4.69) is 6.07 Å². The molecule has 0 amide bonds. The summed E-state index contributed by atoms with van der Waals surface area (Å²) in [5.41, 5.74) is 2.53. The third-order valence-corrected chi connectivity index (χ3v) is 2.84. The van der Waals surface area contributed by atoms with Crippen molar-refractivity contribution >= 4 is 5.78 Å². The molecule has 3 nitrogen and oxygen atoms in total. The number of hydrogen-bond acceptors (Lipinski definition) is 2. The summed E-state index contributed by atoms with van der Waals surface area (Å²) in [5, 5.41) is 8.72. The summed E-state index contributed by atoms with van der Waals surface area (Å²) >= 11 is 0. The molecular formula is C15H14N2O. The highest BCUT2D eigenvalue weighted by Crippen LogP contribution is 2.09. The number of aromatic nitrogens is 1. The zero-order valence-electron chi connectivity index (χ0n) is 10.3. The Morgan fingerprint density at radius 1 is 1.28 bits per heavy atom. The smallest absolute Gasteiger partial charge is 0.164 e. The van der Waals surface area contributed by atoms with Gasteiger partial charge in [0.05, 0.1) is 11.6 Å². The van der Waals surface area contributed by atoms with E-state index in [0.717, 1.165) is 11.1 Å². The molecule has 1 aromatic carbocycles. The van der Waals surface area contributed by atoms with E-state index in [1.54, 1.807) is 12.1 Å². The highest BCUT2D eigenvalue weighted by atomic mass is 16.1. The highest BCUT2D eigenvalue weighted by molar-refractivity contribution is 5.95. The Labute approximate surface area is 106 Å². The van der Waals surface area contributed by atoms with Crippen molar-refractivity contribution in [3.05, 3.63) is 59.4 Å². The van der Waals surface area contributed by atoms with Crippen molar-refractivity contribution in [1.82, 2.24) is 4.57 Å². The molecule has 90 valence electrons. The Kier molecular flexibility index (Phi) is 3.59. The Morgan fingerprint density at radius 3 is 2.61 bits per heavy atom. The maximum Gasteiger partial charge on any atom is 0.164 e. The monoisotopic (exact) mass is 238 g/mol. The molecule has 0 aliphatic heterocycles. The van der Waals surface area contributed by atoms with Gasteiger partial charge < -0.3 is 4.57 Å². The Hall–Kier alpha value is -2.34. The van der Waals surface area contributed by atoms with E-state index >= 15 is 0 Å². The minimum atomic E-state index is 0.161. The molecule has 3 heteroatoms. The SMILES string of the molecule is CCC(=O)c1ccn(Cc2ccc(C#N)cc2)c1. The molecule has 0 spiro atoms. The summed E-state index contributed by atoms with van der Waals surface area (Å²) < 4.78 is 1.98. The van der Waals surface area contributed by atoms with E-state index in [4.69, 9.17) is 5.26 Å². The van der Waals surface area contributed by atoms with E-state index in [9.17, 15) is 4.79 Å². The average molecular weight is 238 g/mol. The number of Topliss-reactive ketones (excluding diaryl/α,β-unsaturated/α-hetero) is 1. The second-order valence-corrected chi connectivity index (χ2v) is 4.16. The first-order chi connectivity index (χ1) is 8.72. The lowest BCUT2D eigenvalue weighted by Crippen LogP contribution is -1.98. The second kappa shape index (κ2) is 5.33. The van der Waals surface area contributed by atoms with Gasteiger partial charge in [0.2, 0.25) is 0 Å². The van der Waals surface area contributed by atoms with Crippen LogP contribution >= 0.6 is 0 Å². The topological polar surface area (TPSA) is 45.8 Å². The van der Waals surface area contributed by atoms with Crippen LogP contribution in [-0.4, -0.2) is 10.4 Å². The molecule has 0 N–H and O–H groups in total. The largest absolute Gasteiger partial charge is 0.349 e. The first-order valence-corrected chi connectivity index (χ1v) is 5.91. The number of rotatable bonds is 4. The maximum atomic E-state index is 11.5. The molecule has 0 saturated heterocycles. The molecule has 2 aromatic rings. The molecular weight excluding hydrogens is 224 g/mol. The van der Waals surface area contributed by atoms with Crippen LogP contribution in [0, 0.1) is 11.3 Å². The van der Waals surface area contributed by atoms with Crippen molar-refractivity contribution in [1.29, 1.82) is 5.26 Å². The minimum Gasteiger partial charge on any atom is -0.349 e. The standard InChI is InChI=1S/C15H14N2O/c1-2-15(18)14-7-8-17(11-14)10-13-5-3-12(9-16)4-6-13/h3-8,11H,2,10H2,1H3. The van der Waals surface area contributed by atoms with Gasteiger partial charge in [-0.15, -0.1) is 0 Å². The minimum absolute atomic E-state index is 0.161. The van der Waals surface area contributed by atoms with Crippen LogP contribution in [0.3, 0.4) is 0 Å². The number of carbonyl (C=O) groups excluding carboxylic acids is 1. The van der Waals surface area contributed by atoms with Gasteiger partial charge in [-0.1, -0.05) is 19.1 Å². The van der Waals surface area contributed by atoms with Crippen LogP contribution in [0.4, 0.5) is 0 Å². The van der Waals surface area contributed by atoms with Gasteiger partial charge in [-0.3, -0.25) is 4.79 Å². The lowest BCUT2D eigenvalue weighted by molar-refractivity contribution is 0.0988. The van der Waals surface area contributed by atoms with Gasteiger partial charge in [-0.05, 0) is 23.8 Å². The summed E-state index contributed by atoms with van der Waals surface area (Å²) in [4.78, 5) is 11.5. The fourth-order valence-electron chi connectivity index (χ4n) is 1.80. The molecule has 0 saturated carbocycles. The van der Waals surface area contributed by atoms with Crippen molar-refractivity contribution in [3.8, 4) is 6.07 Å². The van der Waals surface area contributed by atoms with Gasteiger partial charge in [0.1, 0.15) is 0 Å². The molecule has 0 aliphatic rings. The van der Waals surface area contributed by atoms with Crippen molar-refractivity contribution in [2.75, 3.05) is 0 Å². The Morgan fingerprint density at radius 2 is 2.00 bits per heavy atom. The zero-order valence-corrected chi connectivity index (χ0v) is 10.3. The maximum absolute atomic E-state index is 11.5. The van der Waals surface area contributed by atoms with Gasteiger partial charge >= 0.3 is 0 Å². The molecule has 0 unspecified atom stereocenters. The molecule has 2 rings (SSSR count). The summed E-state index contributed by atoms with van der Waals surface area (Å²) in [6.45, 7) is 2.57. The van der Waals surface area contributed by atoms with Gasteiger partial charge in [-0.25, -0.2) is 0 Å². The lowest BCUT2D eigenvalue weighted by Gasteiger charge is -2.02. The van der Waals surface area contributed by atoms with Crippen LogP contribution in [-0.2, 0) is 6.54 Å². The predicted molar refractivity (Wildman–Crippen MR) is 69.3 cm³/mol. The van der Waals surface area contributed by atoms with Gasteiger partial charge in [0, 0.05) is 30.9 Å². The van der Waals surface area contributed by atoms with E-state index in [-0.39, 0.29) is 5.78 Å². The van der Waals surface area contributed by atoms with Crippen LogP contribution in [0.15, 0.2) is 42.7 Å². The molecule has 0 fully saturated rings. The van der Waals surface area contributed by atoms with E-state index in [1.165, 1.54) is 0 Å². The third-order valence-electron chi connectivity index (χ3n) is 2.84. The highest BCUT2D eigenvalue weighted by Gasteiger charge is 2.04. The molecule has 1 heterocycles. The van der Waals surface area contributed by atoms with Crippen molar-refractivity contribution in [3.63, 3.8) is 0 Å². The van der Waals surface area contributed by atoms with Crippen molar-refractivity contribution in [2.45, 2.75) is 19.9 Å². The fraction of sp³-hybridized carbons (Fsp3) is 0.200. The number of carbonyl (C=O) groups is 1. The molecule has 0 atom stereocenters. The predicted octanol–water partition coefficient (Wildman–Crippen LogP) is 3.00. The lowest BCUT2D eigenvalue weighted by atomic mass is 10.1. The Balaban J connectivity index is 2.11. The number of hydrogen-bond donors (Lipinski definition) is 0. The molecule has 0 radical (unpaired) electrons. The van der Waals surface area contributed by atoms with E-state index in [1.807, 2.05) is 42.1 Å². The van der Waals surface area contributed by atoms with E-state index < -0.39 is 0 Å². The summed E-state index contributed by atoms with van der Waals surface area (Å²) in [6.07, 6.45) is 4.30. The summed E-state index contributed by atoms with van der Waals surface area (Å²) in [6, 6.07) is 11.4.